The van der Waals surface area contributed by atoms with Crippen molar-refractivity contribution in [3.8, 4) is 0 Å². The highest BCUT2D eigenvalue weighted by Crippen LogP contribution is 2.30. The molecule has 0 aliphatic carbocycles. The van der Waals surface area contributed by atoms with E-state index in [-0.39, 0.29) is 9.92 Å². The van der Waals surface area contributed by atoms with Gasteiger partial charge in [0.2, 0.25) is 10.0 Å². The van der Waals surface area contributed by atoms with Crippen LogP contribution in [0.4, 0.5) is 0 Å². The molecule has 1 aliphatic rings. The minimum Gasteiger partial charge on any atom is -0.207 e. The van der Waals surface area contributed by atoms with Crippen LogP contribution in [0.1, 0.15) is 31.2 Å². The van der Waals surface area contributed by atoms with Gasteiger partial charge in [0.05, 0.1) is 14.9 Å². The first kappa shape index (κ1) is 15.1. The van der Waals surface area contributed by atoms with Crippen LogP contribution in [0.15, 0.2) is 17.0 Å². The summed E-state index contributed by atoms with van der Waals surface area (Å²) in [7, 11) is -3.47. The topological polar surface area (TPSA) is 37.4 Å². The van der Waals surface area contributed by atoms with Gasteiger partial charge in [-0.3, -0.25) is 0 Å². The van der Waals surface area contributed by atoms with Crippen LogP contribution in [-0.4, -0.2) is 25.8 Å². The zero-order valence-electron chi connectivity index (χ0n) is 10.8. The lowest BCUT2D eigenvalue weighted by atomic mass is 10.2. The van der Waals surface area contributed by atoms with Gasteiger partial charge in [-0.25, -0.2) is 8.42 Å². The molecule has 0 saturated carbocycles. The summed E-state index contributed by atoms with van der Waals surface area (Å²) in [5.41, 5.74) is 0.638. The Balaban J connectivity index is 2.41. The molecule has 0 N–H and O–H groups in total. The maximum Gasteiger partial charge on any atom is 0.243 e. The Kier molecular flexibility index (Phi) is 4.77. The second-order valence-electron chi connectivity index (χ2n) is 4.85. The average Bonchev–Trinajstić information content (AvgIpc) is 2.62. The Labute approximate surface area is 124 Å². The van der Waals surface area contributed by atoms with Crippen LogP contribution in [0.2, 0.25) is 10.0 Å². The van der Waals surface area contributed by atoms with Gasteiger partial charge in [0.1, 0.15) is 0 Å². The second kappa shape index (κ2) is 6.00. The van der Waals surface area contributed by atoms with Crippen molar-refractivity contribution in [3.63, 3.8) is 0 Å². The molecule has 0 radical (unpaired) electrons. The van der Waals surface area contributed by atoms with Gasteiger partial charge in [-0.05, 0) is 37.5 Å². The standard InChI is InChI=1S/C13H17Cl2NO2S/c1-10-8-11(14)12(15)9-13(10)19(17,18)16-6-4-2-3-5-7-16/h8-9H,2-7H2,1H3. The Hall–Kier alpha value is -0.290. The van der Waals surface area contributed by atoms with E-state index in [1.165, 1.54) is 6.07 Å². The molecule has 2 rings (SSSR count). The number of hydrogen-bond donors (Lipinski definition) is 0. The molecule has 1 fully saturated rings. The Morgan fingerprint density at radius 1 is 1.00 bits per heavy atom. The molecule has 0 bridgehead atoms. The van der Waals surface area contributed by atoms with E-state index in [0.29, 0.717) is 23.7 Å². The first-order valence-electron chi connectivity index (χ1n) is 6.39. The predicted molar refractivity (Wildman–Crippen MR) is 78.4 cm³/mol. The molecule has 1 heterocycles. The van der Waals surface area contributed by atoms with Gasteiger partial charge in [-0.2, -0.15) is 4.31 Å². The van der Waals surface area contributed by atoms with Gasteiger partial charge in [0.25, 0.3) is 0 Å². The average molecular weight is 322 g/mol. The number of benzene rings is 1. The van der Waals surface area contributed by atoms with Gasteiger partial charge < -0.3 is 0 Å². The summed E-state index contributed by atoms with van der Waals surface area (Å²) in [6.45, 7) is 2.91. The number of nitrogens with zero attached hydrogens (tertiary/aromatic N) is 1. The molecular weight excluding hydrogens is 305 g/mol. The molecule has 106 valence electrons. The summed E-state index contributed by atoms with van der Waals surface area (Å²) in [5, 5.41) is 0.662. The summed E-state index contributed by atoms with van der Waals surface area (Å²) >= 11 is 11.9. The maximum atomic E-state index is 12.6. The Morgan fingerprint density at radius 2 is 1.53 bits per heavy atom. The van der Waals surface area contributed by atoms with Crippen LogP contribution in [0.3, 0.4) is 0 Å². The summed E-state index contributed by atoms with van der Waals surface area (Å²) in [6, 6.07) is 3.06. The van der Waals surface area contributed by atoms with Crippen molar-refractivity contribution in [1.29, 1.82) is 0 Å². The van der Waals surface area contributed by atoms with E-state index in [1.54, 1.807) is 17.3 Å². The minimum atomic E-state index is -3.47. The first-order chi connectivity index (χ1) is 8.93. The lowest BCUT2D eigenvalue weighted by Crippen LogP contribution is -2.32. The molecule has 0 unspecified atom stereocenters. The summed E-state index contributed by atoms with van der Waals surface area (Å²) < 4.78 is 26.9. The quantitative estimate of drug-likeness (QED) is 0.829. The molecule has 0 amide bonds. The van der Waals surface area contributed by atoms with Crippen molar-refractivity contribution in [2.75, 3.05) is 13.1 Å². The third-order valence-electron chi connectivity index (χ3n) is 3.40. The number of sulfonamides is 1. The SMILES string of the molecule is Cc1cc(Cl)c(Cl)cc1S(=O)(=O)N1CCCCCC1. The van der Waals surface area contributed by atoms with Crippen LogP contribution in [0.5, 0.6) is 0 Å². The fourth-order valence-electron chi connectivity index (χ4n) is 2.33. The van der Waals surface area contributed by atoms with Crippen LogP contribution in [0, 0.1) is 6.92 Å². The molecule has 0 atom stereocenters. The monoisotopic (exact) mass is 321 g/mol. The van der Waals surface area contributed by atoms with E-state index >= 15 is 0 Å². The van der Waals surface area contributed by atoms with Crippen molar-refractivity contribution in [2.45, 2.75) is 37.5 Å². The van der Waals surface area contributed by atoms with Crippen molar-refractivity contribution in [3.05, 3.63) is 27.7 Å². The van der Waals surface area contributed by atoms with E-state index in [4.69, 9.17) is 23.2 Å². The third kappa shape index (κ3) is 3.24. The summed E-state index contributed by atoms with van der Waals surface area (Å²) in [6.07, 6.45) is 4.01. The third-order valence-corrected chi connectivity index (χ3v) is 6.16. The maximum absolute atomic E-state index is 12.6. The number of hydrogen-bond acceptors (Lipinski definition) is 2. The predicted octanol–water partition coefficient (Wildman–Crippen LogP) is 3.87. The van der Waals surface area contributed by atoms with E-state index in [1.807, 2.05) is 0 Å². The van der Waals surface area contributed by atoms with E-state index < -0.39 is 10.0 Å². The summed E-state index contributed by atoms with van der Waals surface area (Å²) in [5.74, 6) is 0. The number of halogens is 2. The smallest absolute Gasteiger partial charge is 0.207 e. The van der Waals surface area contributed by atoms with Crippen molar-refractivity contribution in [1.82, 2.24) is 4.31 Å². The molecule has 1 aromatic rings. The van der Waals surface area contributed by atoms with E-state index in [0.717, 1.165) is 25.7 Å². The minimum absolute atomic E-state index is 0.267. The van der Waals surface area contributed by atoms with Gasteiger partial charge >= 0.3 is 0 Å². The van der Waals surface area contributed by atoms with Crippen LogP contribution >= 0.6 is 23.2 Å². The Morgan fingerprint density at radius 3 is 2.11 bits per heavy atom. The fourth-order valence-corrected chi connectivity index (χ4v) is 4.52. The van der Waals surface area contributed by atoms with Gasteiger partial charge in [0, 0.05) is 13.1 Å². The first-order valence-corrected chi connectivity index (χ1v) is 8.58. The van der Waals surface area contributed by atoms with Gasteiger partial charge in [-0.15, -0.1) is 0 Å². The molecule has 0 spiro atoms. The highest BCUT2D eigenvalue weighted by atomic mass is 35.5. The molecule has 1 saturated heterocycles. The Bertz CT molecular complexity index is 564. The normalized spacial score (nSPS) is 18.3. The zero-order chi connectivity index (χ0) is 14.0. The highest BCUT2D eigenvalue weighted by Gasteiger charge is 2.27. The second-order valence-corrected chi connectivity index (χ2v) is 7.57. The van der Waals surface area contributed by atoms with Crippen molar-refractivity contribution >= 4 is 33.2 Å². The van der Waals surface area contributed by atoms with Crippen LogP contribution in [-0.2, 0) is 10.0 Å². The molecule has 6 heteroatoms. The van der Waals surface area contributed by atoms with Crippen molar-refractivity contribution in [2.24, 2.45) is 0 Å². The zero-order valence-corrected chi connectivity index (χ0v) is 13.2. The molecule has 3 nitrogen and oxygen atoms in total. The molecule has 0 aromatic heterocycles. The molecule has 1 aliphatic heterocycles. The lowest BCUT2D eigenvalue weighted by molar-refractivity contribution is 0.423. The van der Waals surface area contributed by atoms with Crippen LogP contribution < -0.4 is 0 Å². The van der Waals surface area contributed by atoms with Crippen LogP contribution in [0.25, 0.3) is 0 Å². The van der Waals surface area contributed by atoms with Crippen molar-refractivity contribution < 1.29 is 8.42 Å². The summed E-state index contributed by atoms with van der Waals surface area (Å²) in [4.78, 5) is 0.267. The van der Waals surface area contributed by atoms with E-state index in [2.05, 4.69) is 0 Å². The number of rotatable bonds is 2. The highest BCUT2D eigenvalue weighted by molar-refractivity contribution is 7.89. The molecule has 1 aromatic carbocycles. The van der Waals surface area contributed by atoms with Gasteiger partial charge in [-0.1, -0.05) is 36.0 Å². The lowest BCUT2D eigenvalue weighted by Gasteiger charge is -2.21. The molecular formula is C13H17Cl2NO2S. The molecule has 19 heavy (non-hydrogen) atoms. The largest absolute Gasteiger partial charge is 0.243 e. The fraction of sp³-hybridized carbons (Fsp3) is 0.538. The number of aryl methyl sites for hydroxylation is 1. The van der Waals surface area contributed by atoms with Gasteiger partial charge in [0.15, 0.2) is 0 Å². The van der Waals surface area contributed by atoms with E-state index in [9.17, 15) is 8.42 Å².